The number of piperidine rings is 1. The predicted octanol–water partition coefficient (Wildman–Crippen LogP) is 2.55. The van der Waals surface area contributed by atoms with Gasteiger partial charge < -0.3 is 15.3 Å². The van der Waals surface area contributed by atoms with Crippen LogP contribution in [-0.2, 0) is 9.59 Å². The van der Waals surface area contributed by atoms with Crippen LogP contribution in [0.2, 0.25) is 0 Å². The lowest BCUT2D eigenvalue weighted by Gasteiger charge is -2.34. The first-order valence-electron chi connectivity index (χ1n) is 9.90. The minimum Gasteiger partial charge on any atom is -0.394 e. The topological polar surface area (TPSA) is 69.6 Å². The van der Waals surface area contributed by atoms with Crippen LogP contribution >= 0.6 is 0 Å². The molecule has 5 heteroatoms. The highest BCUT2D eigenvalue weighted by molar-refractivity contribution is 5.87. The van der Waals surface area contributed by atoms with E-state index < -0.39 is 0 Å². The third kappa shape index (κ3) is 4.78. The Morgan fingerprint density at radius 1 is 1.00 bits per heavy atom. The summed E-state index contributed by atoms with van der Waals surface area (Å²) in [4.78, 5) is 27.6. The Hall–Kier alpha value is -2.66. The summed E-state index contributed by atoms with van der Waals surface area (Å²) in [6.45, 7) is 2.85. The third-order valence-electron chi connectivity index (χ3n) is 5.35. The molecule has 28 heavy (non-hydrogen) atoms. The van der Waals surface area contributed by atoms with E-state index in [0.717, 1.165) is 11.1 Å². The highest BCUT2D eigenvalue weighted by atomic mass is 16.3. The van der Waals surface area contributed by atoms with E-state index in [1.54, 1.807) is 6.92 Å². The summed E-state index contributed by atoms with van der Waals surface area (Å²) >= 11 is 0. The standard InChI is InChI=1S/C23H28N2O3/c1-17(16-26)24-22(27)20-12-14-25(15-13-20)23(28)21(18-8-4-2-5-9-18)19-10-6-3-7-11-19/h2-11,17,20-21,26H,12-16H2,1H3,(H,24,27). The van der Waals surface area contributed by atoms with Crippen LogP contribution in [0, 0.1) is 5.92 Å². The molecule has 2 amide bonds. The molecule has 1 aliphatic heterocycles. The number of amides is 2. The van der Waals surface area contributed by atoms with Crippen molar-refractivity contribution >= 4 is 11.8 Å². The van der Waals surface area contributed by atoms with Crippen LogP contribution in [0.15, 0.2) is 60.7 Å². The summed E-state index contributed by atoms with van der Waals surface area (Å²) in [6, 6.07) is 19.5. The van der Waals surface area contributed by atoms with Crippen LogP contribution in [0.5, 0.6) is 0 Å². The van der Waals surface area contributed by atoms with Crippen molar-refractivity contribution in [3.05, 3.63) is 71.8 Å². The number of aliphatic hydroxyl groups excluding tert-OH is 1. The molecule has 1 atom stereocenters. The second-order valence-electron chi connectivity index (χ2n) is 7.45. The molecule has 2 aromatic carbocycles. The van der Waals surface area contributed by atoms with E-state index >= 15 is 0 Å². The summed E-state index contributed by atoms with van der Waals surface area (Å²) in [6.07, 6.45) is 1.29. The molecule has 0 spiro atoms. The van der Waals surface area contributed by atoms with Gasteiger partial charge in [-0.25, -0.2) is 0 Å². The molecular weight excluding hydrogens is 352 g/mol. The number of hydrogen-bond donors (Lipinski definition) is 2. The van der Waals surface area contributed by atoms with Crippen molar-refractivity contribution in [3.63, 3.8) is 0 Å². The van der Waals surface area contributed by atoms with Gasteiger partial charge in [-0.2, -0.15) is 0 Å². The van der Waals surface area contributed by atoms with Crippen LogP contribution in [0.4, 0.5) is 0 Å². The monoisotopic (exact) mass is 380 g/mol. The quantitative estimate of drug-likeness (QED) is 0.809. The Labute approximate surface area is 166 Å². The molecule has 1 fully saturated rings. The van der Waals surface area contributed by atoms with Crippen LogP contribution in [0.3, 0.4) is 0 Å². The zero-order valence-electron chi connectivity index (χ0n) is 16.3. The summed E-state index contributed by atoms with van der Waals surface area (Å²) < 4.78 is 0. The van der Waals surface area contributed by atoms with Crippen LogP contribution < -0.4 is 5.32 Å². The maximum Gasteiger partial charge on any atom is 0.234 e. The van der Waals surface area contributed by atoms with Gasteiger partial charge in [0.15, 0.2) is 0 Å². The number of carbonyl (C=O) groups excluding carboxylic acids is 2. The summed E-state index contributed by atoms with van der Waals surface area (Å²) in [7, 11) is 0. The molecule has 0 saturated carbocycles. The molecule has 1 aliphatic rings. The molecule has 2 N–H and O–H groups in total. The summed E-state index contributed by atoms with van der Waals surface area (Å²) in [5.41, 5.74) is 1.96. The van der Waals surface area contributed by atoms with Crippen LogP contribution in [-0.4, -0.2) is 47.6 Å². The Morgan fingerprint density at radius 3 is 1.96 bits per heavy atom. The second-order valence-corrected chi connectivity index (χ2v) is 7.45. The predicted molar refractivity (Wildman–Crippen MR) is 109 cm³/mol. The van der Waals surface area contributed by atoms with Crippen LogP contribution in [0.1, 0.15) is 36.8 Å². The average Bonchev–Trinajstić information content (AvgIpc) is 2.75. The molecule has 3 rings (SSSR count). The lowest BCUT2D eigenvalue weighted by molar-refractivity contribution is -0.136. The van der Waals surface area contributed by atoms with E-state index in [-0.39, 0.29) is 36.3 Å². The molecular formula is C23H28N2O3. The summed E-state index contributed by atoms with van der Waals surface area (Å²) in [5, 5.41) is 11.9. The number of rotatable bonds is 6. The van der Waals surface area contributed by atoms with E-state index in [9.17, 15) is 9.59 Å². The minimum atomic E-state index is -0.331. The van der Waals surface area contributed by atoms with E-state index in [2.05, 4.69) is 5.32 Å². The second kappa shape index (κ2) is 9.51. The van der Waals surface area contributed by atoms with Gasteiger partial charge in [-0.15, -0.1) is 0 Å². The minimum absolute atomic E-state index is 0.0312. The van der Waals surface area contributed by atoms with E-state index in [4.69, 9.17) is 5.11 Å². The van der Waals surface area contributed by atoms with Crippen molar-refractivity contribution < 1.29 is 14.7 Å². The van der Waals surface area contributed by atoms with Crippen molar-refractivity contribution in [2.45, 2.75) is 31.7 Å². The van der Waals surface area contributed by atoms with E-state index in [0.29, 0.717) is 25.9 Å². The third-order valence-corrected chi connectivity index (χ3v) is 5.35. The molecule has 148 valence electrons. The maximum atomic E-state index is 13.4. The number of carbonyl (C=O) groups is 2. The first kappa shape index (κ1) is 20.1. The van der Waals surface area contributed by atoms with Crippen molar-refractivity contribution in [1.29, 1.82) is 0 Å². The molecule has 0 aliphatic carbocycles. The highest BCUT2D eigenvalue weighted by Crippen LogP contribution is 2.29. The first-order chi connectivity index (χ1) is 13.6. The molecule has 1 saturated heterocycles. The zero-order valence-corrected chi connectivity index (χ0v) is 16.3. The van der Waals surface area contributed by atoms with Gasteiger partial charge in [0.1, 0.15) is 0 Å². The van der Waals surface area contributed by atoms with Crippen molar-refractivity contribution in [2.75, 3.05) is 19.7 Å². The molecule has 0 radical (unpaired) electrons. The number of aliphatic hydroxyl groups is 1. The van der Waals surface area contributed by atoms with Gasteiger partial charge in [-0.1, -0.05) is 60.7 Å². The number of benzene rings is 2. The number of nitrogens with one attached hydrogen (secondary N) is 1. The lowest BCUT2D eigenvalue weighted by Crippen LogP contribution is -2.46. The normalized spacial score (nSPS) is 16.0. The fraction of sp³-hybridized carbons (Fsp3) is 0.391. The first-order valence-corrected chi connectivity index (χ1v) is 9.90. The number of hydrogen-bond acceptors (Lipinski definition) is 3. The van der Waals surface area contributed by atoms with Crippen LogP contribution in [0.25, 0.3) is 0 Å². The SMILES string of the molecule is CC(CO)NC(=O)C1CCN(C(=O)C(c2ccccc2)c2ccccc2)CC1. The molecule has 2 aromatic rings. The smallest absolute Gasteiger partial charge is 0.234 e. The van der Waals surface area contributed by atoms with Gasteiger partial charge in [0.05, 0.1) is 12.5 Å². The maximum absolute atomic E-state index is 13.4. The Morgan fingerprint density at radius 2 is 1.50 bits per heavy atom. The molecule has 0 aromatic heterocycles. The fourth-order valence-electron chi connectivity index (χ4n) is 3.72. The molecule has 0 bridgehead atoms. The van der Waals surface area contributed by atoms with Crippen molar-refractivity contribution in [2.24, 2.45) is 5.92 Å². The van der Waals surface area contributed by atoms with Gasteiger partial charge in [0.2, 0.25) is 11.8 Å². The van der Waals surface area contributed by atoms with E-state index in [1.807, 2.05) is 65.6 Å². The van der Waals surface area contributed by atoms with Gasteiger partial charge in [0.25, 0.3) is 0 Å². The van der Waals surface area contributed by atoms with Crippen molar-refractivity contribution in [1.82, 2.24) is 10.2 Å². The number of nitrogens with zero attached hydrogens (tertiary/aromatic N) is 1. The average molecular weight is 380 g/mol. The van der Waals surface area contributed by atoms with E-state index in [1.165, 1.54) is 0 Å². The Kier molecular flexibility index (Phi) is 6.82. The van der Waals surface area contributed by atoms with Gasteiger partial charge in [-0.3, -0.25) is 9.59 Å². The molecule has 1 unspecified atom stereocenters. The van der Waals surface area contributed by atoms with Gasteiger partial charge in [0, 0.05) is 25.0 Å². The highest BCUT2D eigenvalue weighted by Gasteiger charge is 2.32. The largest absolute Gasteiger partial charge is 0.394 e. The molecule has 5 nitrogen and oxygen atoms in total. The van der Waals surface area contributed by atoms with Gasteiger partial charge >= 0.3 is 0 Å². The number of likely N-dealkylation sites (tertiary alicyclic amines) is 1. The Balaban J connectivity index is 1.70. The van der Waals surface area contributed by atoms with Crippen molar-refractivity contribution in [3.8, 4) is 0 Å². The lowest BCUT2D eigenvalue weighted by atomic mass is 9.88. The fourth-order valence-corrected chi connectivity index (χ4v) is 3.72. The summed E-state index contributed by atoms with van der Waals surface area (Å²) in [5.74, 6) is -0.386. The zero-order chi connectivity index (χ0) is 19.9. The Bertz CT molecular complexity index is 731. The van der Waals surface area contributed by atoms with Gasteiger partial charge in [-0.05, 0) is 30.9 Å². The molecule has 1 heterocycles.